The van der Waals surface area contributed by atoms with E-state index in [9.17, 15) is 15.2 Å². The molecule has 2 heterocycles. The Hall–Kier alpha value is -1.86. The van der Waals surface area contributed by atoms with Gasteiger partial charge >= 0.3 is 5.88 Å². The van der Waals surface area contributed by atoms with Gasteiger partial charge in [-0.3, -0.25) is 10.1 Å². The number of aliphatic hydroxyl groups excluding tert-OH is 1. The van der Waals surface area contributed by atoms with Gasteiger partial charge in [0, 0.05) is 16.5 Å². The molecule has 3 rings (SSSR count). The van der Waals surface area contributed by atoms with Gasteiger partial charge in [0.05, 0.1) is 12.7 Å². The van der Waals surface area contributed by atoms with Gasteiger partial charge in [-0.25, -0.2) is 0 Å². The van der Waals surface area contributed by atoms with Gasteiger partial charge in [-0.05, 0) is 23.8 Å². The van der Waals surface area contributed by atoms with Crippen LogP contribution in [0.1, 0.15) is 23.0 Å². The van der Waals surface area contributed by atoms with Gasteiger partial charge in [-0.2, -0.15) is 0 Å². The van der Waals surface area contributed by atoms with E-state index >= 15 is 0 Å². The van der Waals surface area contributed by atoms with E-state index in [1.54, 1.807) is 6.07 Å². The summed E-state index contributed by atoms with van der Waals surface area (Å²) in [5.41, 5.74) is 1.53. The van der Waals surface area contributed by atoms with Crippen molar-refractivity contribution < 1.29 is 19.2 Å². The fourth-order valence-electron chi connectivity index (χ4n) is 2.24. The minimum Gasteiger partial charge on any atom is -0.493 e. The first-order valence-electron chi connectivity index (χ1n) is 5.93. The summed E-state index contributed by atoms with van der Waals surface area (Å²) in [5, 5.41) is 21.0. The summed E-state index contributed by atoms with van der Waals surface area (Å²) in [6.07, 6.45) is -0.333. The maximum Gasteiger partial charge on any atom is 0.433 e. The van der Waals surface area contributed by atoms with Crippen LogP contribution >= 0.6 is 15.9 Å². The lowest BCUT2D eigenvalue weighted by Crippen LogP contribution is -2.01. The Kier molecular flexibility index (Phi) is 3.23. The Morgan fingerprint density at radius 2 is 2.20 bits per heavy atom. The number of ether oxygens (including phenoxy) is 1. The molecule has 20 heavy (non-hydrogen) atoms. The third kappa shape index (κ3) is 2.19. The number of benzene rings is 1. The smallest absolute Gasteiger partial charge is 0.433 e. The van der Waals surface area contributed by atoms with Crippen LogP contribution in [0.2, 0.25) is 0 Å². The minimum absolute atomic E-state index is 0.118. The maximum absolute atomic E-state index is 10.6. The average Bonchev–Trinajstić information content (AvgIpc) is 3.05. The molecule has 1 aromatic carbocycles. The molecule has 0 saturated carbocycles. The van der Waals surface area contributed by atoms with Crippen molar-refractivity contribution in [2.75, 3.05) is 6.61 Å². The Balaban J connectivity index is 2.02. The van der Waals surface area contributed by atoms with Crippen molar-refractivity contribution in [3.8, 4) is 5.75 Å². The summed E-state index contributed by atoms with van der Waals surface area (Å²) in [7, 11) is 0. The summed E-state index contributed by atoms with van der Waals surface area (Å²) >= 11 is 3.38. The molecular formula is C13H10BrNO5. The topological polar surface area (TPSA) is 85.7 Å². The standard InChI is InChI=1S/C13H10BrNO5/c14-8-5-7-3-4-19-13(7)9(6-8)12(16)10-1-2-11(20-10)15(17)18/h1-2,5-6,12,16H,3-4H2. The number of nitrogens with zero attached hydrogens (tertiary/aromatic N) is 1. The first-order chi connectivity index (χ1) is 9.56. The highest BCUT2D eigenvalue weighted by atomic mass is 79.9. The molecule has 1 unspecified atom stereocenters. The largest absolute Gasteiger partial charge is 0.493 e. The third-order valence-electron chi connectivity index (χ3n) is 3.13. The van der Waals surface area contributed by atoms with Crippen molar-refractivity contribution in [1.82, 2.24) is 0 Å². The fourth-order valence-corrected chi connectivity index (χ4v) is 2.76. The molecule has 1 atom stereocenters. The van der Waals surface area contributed by atoms with E-state index < -0.39 is 16.9 Å². The lowest BCUT2D eigenvalue weighted by Gasteiger charge is -2.13. The van der Waals surface area contributed by atoms with Crippen LogP contribution in [0.5, 0.6) is 5.75 Å². The van der Waals surface area contributed by atoms with Crippen molar-refractivity contribution in [3.05, 3.63) is 55.7 Å². The van der Waals surface area contributed by atoms with E-state index in [0.717, 1.165) is 16.5 Å². The van der Waals surface area contributed by atoms with Gasteiger partial charge in [-0.1, -0.05) is 15.9 Å². The Morgan fingerprint density at radius 3 is 2.90 bits per heavy atom. The molecule has 0 aliphatic carbocycles. The van der Waals surface area contributed by atoms with Crippen molar-refractivity contribution in [3.63, 3.8) is 0 Å². The van der Waals surface area contributed by atoms with Crippen LogP contribution in [0.15, 0.2) is 33.2 Å². The van der Waals surface area contributed by atoms with E-state index in [0.29, 0.717) is 17.9 Å². The summed E-state index contributed by atoms with van der Waals surface area (Å²) in [6.45, 7) is 0.559. The normalized spacial score (nSPS) is 14.7. The van der Waals surface area contributed by atoms with Gasteiger partial charge < -0.3 is 14.3 Å². The Labute approximate surface area is 122 Å². The van der Waals surface area contributed by atoms with Crippen molar-refractivity contribution in [2.45, 2.75) is 12.5 Å². The summed E-state index contributed by atoms with van der Waals surface area (Å²) in [6, 6.07) is 6.27. The highest BCUT2D eigenvalue weighted by Gasteiger charge is 2.26. The van der Waals surface area contributed by atoms with Crippen LogP contribution in [0.4, 0.5) is 5.88 Å². The molecule has 1 aliphatic rings. The number of hydrogen-bond acceptors (Lipinski definition) is 5. The fraction of sp³-hybridized carbons (Fsp3) is 0.231. The monoisotopic (exact) mass is 339 g/mol. The summed E-state index contributed by atoms with van der Waals surface area (Å²) in [5.74, 6) is 0.346. The highest BCUT2D eigenvalue weighted by molar-refractivity contribution is 9.10. The second kappa shape index (κ2) is 4.92. The Morgan fingerprint density at radius 1 is 1.40 bits per heavy atom. The molecule has 1 N–H and O–H groups in total. The molecule has 0 spiro atoms. The van der Waals surface area contributed by atoms with Gasteiger partial charge in [0.1, 0.15) is 22.5 Å². The van der Waals surface area contributed by atoms with Crippen LogP contribution < -0.4 is 4.74 Å². The molecule has 0 fully saturated rings. The number of nitro groups is 1. The number of rotatable bonds is 3. The second-order valence-corrected chi connectivity index (χ2v) is 5.33. The lowest BCUT2D eigenvalue weighted by molar-refractivity contribution is -0.402. The zero-order valence-corrected chi connectivity index (χ0v) is 11.8. The molecule has 104 valence electrons. The predicted octanol–water partition coefficient (Wildman–Crippen LogP) is 2.97. The second-order valence-electron chi connectivity index (χ2n) is 4.42. The van der Waals surface area contributed by atoms with Gasteiger partial charge in [0.15, 0.2) is 0 Å². The Bertz CT molecular complexity index is 681. The van der Waals surface area contributed by atoms with Crippen LogP contribution in [0.3, 0.4) is 0 Å². The molecule has 2 aromatic rings. The number of hydrogen-bond donors (Lipinski definition) is 1. The summed E-state index contributed by atoms with van der Waals surface area (Å²) in [4.78, 5) is 9.97. The molecule has 0 amide bonds. The maximum atomic E-state index is 10.6. The molecule has 1 aromatic heterocycles. The number of aliphatic hydroxyl groups is 1. The van der Waals surface area contributed by atoms with Crippen LogP contribution in [0.25, 0.3) is 0 Å². The molecule has 0 bridgehead atoms. The van der Waals surface area contributed by atoms with E-state index in [1.165, 1.54) is 12.1 Å². The van der Waals surface area contributed by atoms with Gasteiger partial charge in [0.2, 0.25) is 0 Å². The van der Waals surface area contributed by atoms with Gasteiger partial charge in [-0.15, -0.1) is 0 Å². The molecule has 1 aliphatic heterocycles. The summed E-state index contributed by atoms with van der Waals surface area (Å²) < 4.78 is 11.4. The quantitative estimate of drug-likeness (QED) is 0.686. The van der Waals surface area contributed by atoms with Crippen molar-refractivity contribution in [2.24, 2.45) is 0 Å². The molecular weight excluding hydrogens is 330 g/mol. The minimum atomic E-state index is -1.10. The number of furan rings is 1. The molecule has 7 heteroatoms. The van der Waals surface area contributed by atoms with Crippen molar-refractivity contribution in [1.29, 1.82) is 0 Å². The molecule has 6 nitrogen and oxygen atoms in total. The van der Waals surface area contributed by atoms with Gasteiger partial charge in [0.25, 0.3) is 0 Å². The number of halogens is 1. The van der Waals surface area contributed by atoms with Crippen LogP contribution in [-0.4, -0.2) is 16.6 Å². The zero-order chi connectivity index (χ0) is 14.3. The van der Waals surface area contributed by atoms with Crippen LogP contribution in [-0.2, 0) is 6.42 Å². The third-order valence-corrected chi connectivity index (χ3v) is 3.59. The SMILES string of the molecule is O=[N+]([O-])c1ccc(C(O)c2cc(Br)cc3c2OCC3)o1. The average molecular weight is 340 g/mol. The lowest BCUT2D eigenvalue weighted by atomic mass is 10.0. The highest BCUT2D eigenvalue weighted by Crippen LogP contribution is 2.39. The molecule has 0 saturated heterocycles. The first kappa shape index (κ1) is 13.1. The van der Waals surface area contributed by atoms with E-state index in [1.807, 2.05) is 6.07 Å². The van der Waals surface area contributed by atoms with E-state index in [4.69, 9.17) is 9.15 Å². The number of fused-ring (bicyclic) bond motifs is 1. The first-order valence-corrected chi connectivity index (χ1v) is 6.73. The zero-order valence-electron chi connectivity index (χ0n) is 10.2. The van der Waals surface area contributed by atoms with E-state index in [-0.39, 0.29) is 5.76 Å². The molecule has 0 radical (unpaired) electrons. The van der Waals surface area contributed by atoms with Crippen molar-refractivity contribution >= 4 is 21.8 Å². The van der Waals surface area contributed by atoms with Crippen LogP contribution in [0, 0.1) is 10.1 Å². The van der Waals surface area contributed by atoms with E-state index in [2.05, 4.69) is 15.9 Å². The predicted molar refractivity (Wildman–Crippen MR) is 72.8 cm³/mol.